The number of nitrogens with two attached hydrogens (primary N) is 1. The van der Waals surface area contributed by atoms with Crippen molar-refractivity contribution in [2.24, 2.45) is 11.7 Å². The van der Waals surface area contributed by atoms with E-state index in [0.29, 0.717) is 18.4 Å². The standard InChI is InChI=1S/C16H20N4OS/c17-10-5-3-9(4-6-10)11-8-13(21)18-16-14(11)15(19-20-16)12-2-1-7-22-12/h1-2,7,9-11H,3-6,8,17H2,(H2,18,19,20,21). The van der Waals surface area contributed by atoms with Crippen molar-refractivity contribution in [2.75, 3.05) is 5.32 Å². The van der Waals surface area contributed by atoms with Gasteiger partial charge in [0.1, 0.15) is 0 Å². The number of aromatic nitrogens is 2. The summed E-state index contributed by atoms with van der Waals surface area (Å²) in [4.78, 5) is 13.2. The van der Waals surface area contributed by atoms with Crippen LogP contribution in [-0.4, -0.2) is 22.1 Å². The predicted octanol–water partition coefficient (Wildman–Crippen LogP) is 3.08. The molecular formula is C16H20N4OS. The van der Waals surface area contributed by atoms with Crippen LogP contribution >= 0.6 is 11.3 Å². The van der Waals surface area contributed by atoms with Crippen molar-refractivity contribution in [1.29, 1.82) is 0 Å². The van der Waals surface area contributed by atoms with Crippen LogP contribution < -0.4 is 11.1 Å². The van der Waals surface area contributed by atoms with E-state index in [1.807, 2.05) is 6.07 Å². The summed E-state index contributed by atoms with van der Waals surface area (Å²) >= 11 is 1.70. The minimum Gasteiger partial charge on any atom is -0.328 e. The van der Waals surface area contributed by atoms with Gasteiger partial charge in [0.2, 0.25) is 5.91 Å². The quantitative estimate of drug-likeness (QED) is 0.796. The molecule has 1 aliphatic heterocycles. The Kier molecular flexibility index (Phi) is 3.50. The molecule has 3 heterocycles. The Morgan fingerprint density at radius 2 is 2.09 bits per heavy atom. The number of nitrogens with one attached hydrogen (secondary N) is 2. The van der Waals surface area contributed by atoms with Gasteiger partial charge in [-0.15, -0.1) is 11.3 Å². The molecule has 6 heteroatoms. The van der Waals surface area contributed by atoms with Crippen LogP contribution in [0.2, 0.25) is 0 Å². The Morgan fingerprint density at radius 3 is 2.82 bits per heavy atom. The van der Waals surface area contributed by atoms with Crippen LogP contribution in [0.25, 0.3) is 10.6 Å². The van der Waals surface area contributed by atoms with E-state index in [4.69, 9.17) is 5.73 Å². The van der Waals surface area contributed by atoms with Gasteiger partial charge < -0.3 is 11.1 Å². The number of rotatable bonds is 2. The second kappa shape index (κ2) is 5.52. The van der Waals surface area contributed by atoms with E-state index in [9.17, 15) is 4.79 Å². The van der Waals surface area contributed by atoms with Gasteiger partial charge in [0.05, 0.1) is 10.6 Å². The highest BCUT2D eigenvalue weighted by Gasteiger charge is 2.37. The van der Waals surface area contributed by atoms with Crippen LogP contribution in [0.1, 0.15) is 43.6 Å². The molecule has 1 unspecified atom stereocenters. The number of amides is 1. The number of anilines is 1. The van der Waals surface area contributed by atoms with Crippen LogP contribution in [0.15, 0.2) is 17.5 Å². The lowest BCUT2D eigenvalue weighted by molar-refractivity contribution is -0.117. The number of fused-ring (bicyclic) bond motifs is 1. The highest BCUT2D eigenvalue weighted by Crippen LogP contribution is 2.46. The zero-order valence-corrected chi connectivity index (χ0v) is 13.2. The molecule has 4 N–H and O–H groups in total. The van der Waals surface area contributed by atoms with Crippen LogP contribution in [0.3, 0.4) is 0 Å². The summed E-state index contributed by atoms with van der Waals surface area (Å²) in [5.41, 5.74) is 8.31. The normalized spacial score (nSPS) is 28.2. The van der Waals surface area contributed by atoms with E-state index in [0.717, 1.165) is 37.2 Å². The Labute approximate surface area is 133 Å². The van der Waals surface area contributed by atoms with E-state index in [1.54, 1.807) is 11.3 Å². The Morgan fingerprint density at radius 1 is 1.27 bits per heavy atom. The van der Waals surface area contributed by atoms with Gasteiger partial charge in [-0.25, -0.2) is 0 Å². The molecule has 2 aromatic heterocycles. The first-order chi connectivity index (χ1) is 10.7. The summed E-state index contributed by atoms with van der Waals surface area (Å²) in [6.07, 6.45) is 4.89. The van der Waals surface area contributed by atoms with Gasteiger partial charge in [-0.3, -0.25) is 9.89 Å². The third-order valence-corrected chi connectivity index (χ3v) is 5.88. The topological polar surface area (TPSA) is 83.8 Å². The maximum atomic E-state index is 12.1. The van der Waals surface area contributed by atoms with E-state index < -0.39 is 0 Å². The zero-order valence-electron chi connectivity index (χ0n) is 12.3. The van der Waals surface area contributed by atoms with E-state index >= 15 is 0 Å². The molecule has 0 aromatic carbocycles. The van der Waals surface area contributed by atoms with Gasteiger partial charge in [-0.2, -0.15) is 5.10 Å². The average Bonchev–Trinajstić information content (AvgIpc) is 3.15. The third kappa shape index (κ3) is 2.36. The van der Waals surface area contributed by atoms with Gasteiger partial charge in [-0.05, 0) is 43.0 Å². The molecule has 1 amide bonds. The number of carbonyl (C=O) groups is 1. The molecular weight excluding hydrogens is 296 g/mol. The summed E-state index contributed by atoms with van der Waals surface area (Å²) in [7, 11) is 0. The van der Waals surface area contributed by atoms with Crippen molar-refractivity contribution in [1.82, 2.24) is 10.2 Å². The summed E-state index contributed by atoms with van der Waals surface area (Å²) in [6.45, 7) is 0. The number of hydrogen-bond acceptors (Lipinski definition) is 4. The minimum atomic E-state index is 0.0802. The lowest BCUT2D eigenvalue weighted by atomic mass is 9.73. The molecule has 2 aliphatic rings. The van der Waals surface area contributed by atoms with Crippen molar-refractivity contribution in [2.45, 2.75) is 44.1 Å². The Bertz CT molecular complexity index is 670. The number of thiophene rings is 1. The van der Waals surface area contributed by atoms with Gasteiger partial charge in [-0.1, -0.05) is 6.07 Å². The summed E-state index contributed by atoms with van der Waals surface area (Å²) < 4.78 is 0. The second-order valence-corrected chi connectivity index (χ2v) is 7.32. The first-order valence-electron chi connectivity index (χ1n) is 7.90. The first kappa shape index (κ1) is 14.0. The molecule has 0 radical (unpaired) electrons. The van der Waals surface area contributed by atoms with Gasteiger partial charge in [0.15, 0.2) is 5.82 Å². The molecule has 2 aromatic rings. The maximum absolute atomic E-state index is 12.1. The summed E-state index contributed by atoms with van der Waals surface area (Å²) in [5, 5.41) is 12.5. The zero-order chi connectivity index (χ0) is 15.1. The van der Waals surface area contributed by atoms with Crippen molar-refractivity contribution in [3.63, 3.8) is 0 Å². The monoisotopic (exact) mass is 316 g/mol. The highest BCUT2D eigenvalue weighted by molar-refractivity contribution is 7.13. The van der Waals surface area contributed by atoms with Crippen LogP contribution in [0.5, 0.6) is 0 Å². The van der Waals surface area contributed by atoms with E-state index in [2.05, 4.69) is 27.0 Å². The molecule has 5 nitrogen and oxygen atoms in total. The smallest absolute Gasteiger partial charge is 0.226 e. The van der Waals surface area contributed by atoms with Crippen molar-refractivity contribution in [3.8, 4) is 10.6 Å². The van der Waals surface area contributed by atoms with Crippen LogP contribution in [0, 0.1) is 5.92 Å². The Hall–Kier alpha value is -1.66. The van der Waals surface area contributed by atoms with Crippen molar-refractivity contribution >= 4 is 23.1 Å². The molecule has 1 fully saturated rings. The largest absolute Gasteiger partial charge is 0.328 e. The lowest BCUT2D eigenvalue weighted by Crippen LogP contribution is -2.32. The Balaban J connectivity index is 1.72. The van der Waals surface area contributed by atoms with Crippen LogP contribution in [0.4, 0.5) is 5.82 Å². The van der Waals surface area contributed by atoms with Gasteiger partial charge in [0.25, 0.3) is 0 Å². The third-order valence-electron chi connectivity index (χ3n) is 4.99. The lowest BCUT2D eigenvalue weighted by Gasteiger charge is -2.34. The first-order valence-corrected chi connectivity index (χ1v) is 8.78. The van der Waals surface area contributed by atoms with E-state index in [1.165, 1.54) is 10.4 Å². The fourth-order valence-electron chi connectivity index (χ4n) is 3.85. The number of hydrogen-bond donors (Lipinski definition) is 3. The van der Waals surface area contributed by atoms with Gasteiger partial charge in [0, 0.05) is 23.9 Å². The second-order valence-electron chi connectivity index (χ2n) is 6.37. The predicted molar refractivity (Wildman–Crippen MR) is 87.8 cm³/mol. The molecule has 1 aliphatic carbocycles. The van der Waals surface area contributed by atoms with Crippen molar-refractivity contribution < 1.29 is 4.79 Å². The number of H-pyrrole nitrogens is 1. The average molecular weight is 316 g/mol. The highest BCUT2D eigenvalue weighted by atomic mass is 32.1. The SMILES string of the molecule is NC1CCC(C2CC(=O)Nc3n[nH]c(-c4cccs4)c32)CC1. The fourth-order valence-corrected chi connectivity index (χ4v) is 4.58. The fraction of sp³-hybridized carbons (Fsp3) is 0.500. The van der Waals surface area contributed by atoms with Crippen molar-refractivity contribution in [3.05, 3.63) is 23.1 Å². The maximum Gasteiger partial charge on any atom is 0.226 e. The minimum absolute atomic E-state index is 0.0802. The molecule has 0 saturated heterocycles. The van der Waals surface area contributed by atoms with E-state index in [-0.39, 0.29) is 11.8 Å². The number of nitrogens with zero attached hydrogens (tertiary/aromatic N) is 1. The summed E-state index contributed by atoms with van der Waals surface area (Å²) in [6, 6.07) is 4.47. The molecule has 4 rings (SSSR count). The molecule has 116 valence electrons. The van der Waals surface area contributed by atoms with Crippen LogP contribution in [-0.2, 0) is 4.79 Å². The molecule has 22 heavy (non-hydrogen) atoms. The molecule has 1 saturated carbocycles. The molecule has 0 bridgehead atoms. The molecule has 0 spiro atoms. The summed E-state index contributed by atoms with van der Waals surface area (Å²) in [5.74, 6) is 1.59. The molecule has 1 atom stereocenters. The number of carbonyl (C=O) groups excluding carboxylic acids is 1. The number of aromatic amines is 1. The van der Waals surface area contributed by atoms with Gasteiger partial charge >= 0.3 is 0 Å².